The molecule has 3 atom stereocenters. The van der Waals surface area contributed by atoms with E-state index in [9.17, 15) is 15.0 Å². The number of aromatic nitrogens is 4. The molecule has 27 heavy (non-hydrogen) atoms. The van der Waals surface area contributed by atoms with Crippen LogP contribution in [0.25, 0.3) is 11.2 Å². The number of nitrogen functional groups attached to an aromatic ring is 1. The Bertz CT molecular complexity index is 1000. The van der Waals surface area contributed by atoms with Crippen LogP contribution in [0, 0.1) is 0 Å². The third kappa shape index (κ3) is 3.19. The first-order valence-corrected chi connectivity index (χ1v) is 8.50. The summed E-state index contributed by atoms with van der Waals surface area (Å²) < 4.78 is 7.35. The number of aliphatic hydroxyl groups excluding tert-OH is 1. The normalized spacial score (nSPS) is 25.3. The maximum Gasteiger partial charge on any atom is 0.280 e. The monoisotopic (exact) mass is 372 g/mol. The zero-order chi connectivity index (χ0) is 19.0. The van der Waals surface area contributed by atoms with Crippen LogP contribution in [0.3, 0.4) is 0 Å². The average Bonchev–Trinajstić information content (AvgIpc) is 3.22. The van der Waals surface area contributed by atoms with E-state index in [1.54, 1.807) is 0 Å². The number of aromatic amines is 1. The zero-order valence-corrected chi connectivity index (χ0v) is 14.4. The van der Waals surface area contributed by atoms with Gasteiger partial charge in [0.1, 0.15) is 18.1 Å². The summed E-state index contributed by atoms with van der Waals surface area (Å²) >= 11 is 0. The SMILES string of the molecule is Nc1nc2c(ncn2[C@H]2C[C@@](O)(NCc3ccccc3)[C@@H](CO)O2)c(=O)[nH]1. The fourth-order valence-corrected chi connectivity index (χ4v) is 3.30. The van der Waals surface area contributed by atoms with E-state index in [1.165, 1.54) is 10.9 Å². The van der Waals surface area contributed by atoms with Gasteiger partial charge < -0.3 is 20.7 Å². The number of imidazole rings is 1. The van der Waals surface area contributed by atoms with Crippen LogP contribution in [-0.4, -0.2) is 48.2 Å². The van der Waals surface area contributed by atoms with Gasteiger partial charge in [0.15, 0.2) is 11.2 Å². The summed E-state index contributed by atoms with van der Waals surface area (Å²) in [5.74, 6) is -0.0385. The van der Waals surface area contributed by atoms with E-state index in [0.717, 1.165) is 5.56 Å². The van der Waals surface area contributed by atoms with E-state index in [0.29, 0.717) is 6.54 Å². The van der Waals surface area contributed by atoms with Crippen LogP contribution in [0.5, 0.6) is 0 Å². The second kappa shape index (κ2) is 6.74. The Morgan fingerprint density at radius 3 is 2.93 bits per heavy atom. The first-order valence-electron chi connectivity index (χ1n) is 8.50. The molecule has 0 bridgehead atoms. The molecule has 0 unspecified atom stereocenters. The van der Waals surface area contributed by atoms with Gasteiger partial charge in [-0.3, -0.25) is 19.7 Å². The van der Waals surface area contributed by atoms with Gasteiger partial charge in [-0.15, -0.1) is 0 Å². The number of anilines is 1. The zero-order valence-electron chi connectivity index (χ0n) is 14.4. The Labute approximate surface area is 153 Å². The molecule has 1 aliphatic rings. The van der Waals surface area contributed by atoms with Crippen molar-refractivity contribution in [2.45, 2.75) is 31.0 Å². The third-order valence-electron chi connectivity index (χ3n) is 4.71. The van der Waals surface area contributed by atoms with E-state index < -0.39 is 23.6 Å². The minimum atomic E-state index is -1.46. The number of fused-ring (bicyclic) bond motifs is 1. The van der Waals surface area contributed by atoms with Gasteiger partial charge >= 0.3 is 0 Å². The molecule has 1 aromatic carbocycles. The number of H-pyrrole nitrogens is 1. The van der Waals surface area contributed by atoms with Gasteiger partial charge in [-0.1, -0.05) is 30.3 Å². The first kappa shape index (κ1) is 17.6. The number of rotatable bonds is 5. The Morgan fingerprint density at radius 2 is 2.19 bits per heavy atom. The second-order valence-corrected chi connectivity index (χ2v) is 6.50. The van der Waals surface area contributed by atoms with Gasteiger partial charge in [-0.05, 0) is 5.56 Å². The van der Waals surface area contributed by atoms with Crippen molar-refractivity contribution in [3.05, 3.63) is 52.6 Å². The standard InChI is InChI=1S/C17H20N6O4/c18-16-21-14-13(15(25)22-16)19-9-23(14)12-6-17(26,11(8-24)27-12)20-7-10-4-2-1-3-5-10/h1-5,9,11-12,20,24,26H,6-8H2,(H3,18,21,22,25)/t11-,12-,17+/m1/s1. The van der Waals surface area contributed by atoms with Crippen LogP contribution >= 0.6 is 0 Å². The Hall–Kier alpha value is -2.79. The Balaban J connectivity index is 1.60. The van der Waals surface area contributed by atoms with Crippen molar-refractivity contribution in [3.63, 3.8) is 0 Å². The van der Waals surface area contributed by atoms with Gasteiger partial charge in [0.2, 0.25) is 5.95 Å². The number of hydrogen-bond acceptors (Lipinski definition) is 8. The van der Waals surface area contributed by atoms with Crippen LogP contribution in [-0.2, 0) is 11.3 Å². The maximum atomic E-state index is 11.9. The molecule has 3 heterocycles. The quantitative estimate of drug-likeness (QED) is 0.375. The van der Waals surface area contributed by atoms with E-state index in [1.807, 2.05) is 30.3 Å². The molecule has 0 radical (unpaired) electrons. The summed E-state index contributed by atoms with van der Waals surface area (Å²) in [5.41, 5.74) is 5.07. The molecule has 0 amide bonds. The van der Waals surface area contributed by atoms with Crippen LogP contribution in [0.15, 0.2) is 41.5 Å². The minimum absolute atomic E-state index is 0.0385. The molecule has 0 spiro atoms. The van der Waals surface area contributed by atoms with E-state index in [4.69, 9.17) is 10.5 Å². The molecule has 2 aromatic heterocycles. The summed E-state index contributed by atoms with van der Waals surface area (Å²) in [6.45, 7) is 0.0248. The molecule has 1 fully saturated rings. The van der Waals surface area contributed by atoms with Crippen molar-refractivity contribution in [3.8, 4) is 0 Å². The van der Waals surface area contributed by atoms with Gasteiger partial charge in [-0.25, -0.2) is 4.98 Å². The first-order chi connectivity index (χ1) is 13.0. The second-order valence-electron chi connectivity index (χ2n) is 6.50. The lowest BCUT2D eigenvalue weighted by molar-refractivity contribution is -0.0966. The van der Waals surface area contributed by atoms with Crippen LogP contribution < -0.4 is 16.6 Å². The average molecular weight is 372 g/mol. The number of benzene rings is 1. The molecule has 0 saturated carbocycles. The third-order valence-corrected chi connectivity index (χ3v) is 4.71. The lowest BCUT2D eigenvalue weighted by atomic mass is 10.0. The highest BCUT2D eigenvalue weighted by Crippen LogP contribution is 2.36. The number of nitrogens with zero attached hydrogens (tertiary/aromatic N) is 3. The predicted octanol–water partition coefficient (Wildman–Crippen LogP) is -0.540. The molecule has 1 aliphatic heterocycles. The highest BCUT2D eigenvalue weighted by atomic mass is 16.6. The molecule has 1 saturated heterocycles. The van der Waals surface area contributed by atoms with Gasteiger partial charge in [0.05, 0.1) is 12.9 Å². The smallest absolute Gasteiger partial charge is 0.280 e. The van der Waals surface area contributed by atoms with Gasteiger partial charge in [-0.2, -0.15) is 4.98 Å². The predicted molar refractivity (Wildman–Crippen MR) is 96.4 cm³/mol. The lowest BCUT2D eigenvalue weighted by Gasteiger charge is -2.28. The molecule has 0 aliphatic carbocycles. The summed E-state index contributed by atoms with van der Waals surface area (Å²) in [7, 11) is 0. The van der Waals surface area contributed by atoms with Crippen molar-refractivity contribution in [2.24, 2.45) is 0 Å². The molecule has 3 aromatic rings. The van der Waals surface area contributed by atoms with Crippen molar-refractivity contribution in [1.82, 2.24) is 24.8 Å². The number of ether oxygens (including phenoxy) is 1. The highest BCUT2D eigenvalue weighted by molar-refractivity contribution is 5.70. The summed E-state index contributed by atoms with van der Waals surface area (Å²) in [6, 6.07) is 9.58. The Morgan fingerprint density at radius 1 is 1.41 bits per heavy atom. The fraction of sp³-hybridized carbons (Fsp3) is 0.353. The molecular weight excluding hydrogens is 352 g/mol. The Kier molecular flexibility index (Phi) is 4.40. The number of nitrogens with one attached hydrogen (secondary N) is 2. The van der Waals surface area contributed by atoms with E-state index in [2.05, 4.69) is 20.3 Å². The number of hydrogen-bond donors (Lipinski definition) is 5. The molecular formula is C17H20N6O4. The molecule has 4 rings (SSSR count). The summed E-state index contributed by atoms with van der Waals surface area (Å²) in [6.07, 6.45) is 0.0105. The van der Waals surface area contributed by atoms with Crippen LogP contribution in [0.1, 0.15) is 18.2 Å². The maximum absolute atomic E-state index is 11.9. The van der Waals surface area contributed by atoms with E-state index in [-0.39, 0.29) is 30.1 Å². The topological polar surface area (TPSA) is 151 Å². The van der Waals surface area contributed by atoms with Crippen molar-refractivity contribution in [1.29, 1.82) is 0 Å². The van der Waals surface area contributed by atoms with Gasteiger partial charge in [0, 0.05) is 13.0 Å². The fourth-order valence-electron chi connectivity index (χ4n) is 3.30. The summed E-state index contributed by atoms with van der Waals surface area (Å²) in [5, 5.41) is 23.8. The van der Waals surface area contributed by atoms with Crippen molar-refractivity contribution >= 4 is 17.1 Å². The lowest BCUT2D eigenvalue weighted by Crippen LogP contribution is -2.52. The van der Waals surface area contributed by atoms with E-state index >= 15 is 0 Å². The minimum Gasteiger partial charge on any atom is -0.393 e. The van der Waals surface area contributed by atoms with Crippen LogP contribution in [0.2, 0.25) is 0 Å². The molecule has 10 nitrogen and oxygen atoms in total. The molecule has 6 N–H and O–H groups in total. The van der Waals surface area contributed by atoms with Gasteiger partial charge in [0.25, 0.3) is 5.56 Å². The van der Waals surface area contributed by atoms with Crippen molar-refractivity contribution in [2.75, 3.05) is 12.3 Å². The molecule has 10 heteroatoms. The van der Waals surface area contributed by atoms with Crippen LogP contribution in [0.4, 0.5) is 5.95 Å². The largest absolute Gasteiger partial charge is 0.393 e. The van der Waals surface area contributed by atoms with Crippen molar-refractivity contribution < 1.29 is 14.9 Å². The number of nitrogens with two attached hydrogens (primary N) is 1. The summed E-state index contributed by atoms with van der Waals surface area (Å²) in [4.78, 5) is 22.5. The number of aliphatic hydroxyl groups is 2. The highest BCUT2D eigenvalue weighted by Gasteiger charge is 2.48. The molecule has 142 valence electrons.